The summed E-state index contributed by atoms with van der Waals surface area (Å²) in [5.41, 5.74) is 3.17. The molecular formula is C17H23N5O. The third-order valence-electron chi connectivity index (χ3n) is 4.08. The quantitative estimate of drug-likeness (QED) is 0.793. The van der Waals surface area contributed by atoms with Gasteiger partial charge in [0, 0.05) is 55.9 Å². The maximum atomic E-state index is 11.9. The zero-order valence-electron chi connectivity index (χ0n) is 13.5. The minimum atomic E-state index is 0.207. The highest BCUT2D eigenvalue weighted by Gasteiger charge is 2.16. The molecule has 6 heteroatoms. The van der Waals surface area contributed by atoms with Crippen molar-refractivity contribution in [1.82, 2.24) is 25.2 Å². The summed E-state index contributed by atoms with van der Waals surface area (Å²) in [7, 11) is 0. The standard InChI is InChI=1S/C17H23N5O/c1-13-8-14(10-19-9-13)17-20-11-15(21-17)4-5-18-12-16(23)22-6-2-3-7-22/h8-11,18H,2-7,12H2,1H3,(H,20,21). The van der Waals surface area contributed by atoms with Gasteiger partial charge in [-0.15, -0.1) is 0 Å². The molecule has 0 saturated carbocycles. The van der Waals surface area contributed by atoms with Crippen molar-refractivity contribution in [2.75, 3.05) is 26.2 Å². The van der Waals surface area contributed by atoms with E-state index in [-0.39, 0.29) is 5.91 Å². The molecular weight excluding hydrogens is 290 g/mol. The fraction of sp³-hybridized carbons (Fsp3) is 0.471. The Bertz CT molecular complexity index is 661. The van der Waals surface area contributed by atoms with E-state index in [1.54, 1.807) is 0 Å². The lowest BCUT2D eigenvalue weighted by Crippen LogP contribution is -2.36. The number of H-pyrrole nitrogens is 1. The first-order chi connectivity index (χ1) is 11.2. The Morgan fingerprint density at radius 1 is 1.30 bits per heavy atom. The molecule has 3 rings (SSSR count). The fourth-order valence-electron chi connectivity index (χ4n) is 2.81. The van der Waals surface area contributed by atoms with Crippen LogP contribution in [0, 0.1) is 6.92 Å². The zero-order valence-corrected chi connectivity index (χ0v) is 13.5. The molecule has 0 unspecified atom stereocenters. The molecule has 122 valence electrons. The summed E-state index contributed by atoms with van der Waals surface area (Å²) in [4.78, 5) is 25.8. The molecule has 0 aromatic carbocycles. The van der Waals surface area contributed by atoms with Gasteiger partial charge in [0.1, 0.15) is 5.82 Å². The van der Waals surface area contributed by atoms with Crippen molar-refractivity contribution in [2.45, 2.75) is 26.2 Å². The normalized spacial score (nSPS) is 14.4. The van der Waals surface area contributed by atoms with E-state index in [9.17, 15) is 4.79 Å². The Morgan fingerprint density at radius 3 is 2.91 bits per heavy atom. The molecule has 0 radical (unpaired) electrons. The van der Waals surface area contributed by atoms with Crippen molar-refractivity contribution in [3.63, 3.8) is 0 Å². The van der Waals surface area contributed by atoms with Crippen LogP contribution in [0.5, 0.6) is 0 Å². The molecule has 2 aromatic heterocycles. The van der Waals surface area contributed by atoms with Gasteiger partial charge in [-0.05, 0) is 31.4 Å². The van der Waals surface area contributed by atoms with Crippen molar-refractivity contribution in [2.24, 2.45) is 0 Å². The molecule has 0 bridgehead atoms. The van der Waals surface area contributed by atoms with Gasteiger partial charge in [-0.25, -0.2) is 4.98 Å². The van der Waals surface area contributed by atoms with E-state index in [0.29, 0.717) is 6.54 Å². The molecule has 2 N–H and O–H groups in total. The first-order valence-corrected chi connectivity index (χ1v) is 8.17. The highest BCUT2D eigenvalue weighted by Crippen LogP contribution is 2.15. The van der Waals surface area contributed by atoms with E-state index in [1.807, 2.05) is 30.4 Å². The highest BCUT2D eigenvalue weighted by molar-refractivity contribution is 5.78. The van der Waals surface area contributed by atoms with Gasteiger partial charge in [0.15, 0.2) is 0 Å². The summed E-state index contributed by atoms with van der Waals surface area (Å²) >= 11 is 0. The number of aromatic amines is 1. The van der Waals surface area contributed by atoms with Gasteiger partial charge in [0.25, 0.3) is 0 Å². The van der Waals surface area contributed by atoms with E-state index in [0.717, 1.165) is 61.5 Å². The number of nitrogens with one attached hydrogen (secondary N) is 2. The third kappa shape index (κ3) is 4.16. The lowest BCUT2D eigenvalue weighted by atomic mass is 10.2. The van der Waals surface area contributed by atoms with E-state index in [2.05, 4.69) is 26.3 Å². The van der Waals surface area contributed by atoms with Crippen LogP contribution in [0.3, 0.4) is 0 Å². The maximum Gasteiger partial charge on any atom is 0.236 e. The number of imidazole rings is 1. The lowest BCUT2D eigenvalue weighted by Gasteiger charge is -2.15. The van der Waals surface area contributed by atoms with Crippen molar-refractivity contribution in [3.05, 3.63) is 35.9 Å². The van der Waals surface area contributed by atoms with Crippen molar-refractivity contribution in [3.8, 4) is 11.4 Å². The number of amides is 1. The van der Waals surface area contributed by atoms with Crippen LogP contribution in [0.2, 0.25) is 0 Å². The molecule has 0 aliphatic carbocycles. The number of likely N-dealkylation sites (tertiary alicyclic amines) is 1. The molecule has 6 nitrogen and oxygen atoms in total. The number of aryl methyl sites for hydroxylation is 1. The number of aromatic nitrogens is 3. The van der Waals surface area contributed by atoms with E-state index in [4.69, 9.17) is 0 Å². The molecule has 1 fully saturated rings. The first-order valence-electron chi connectivity index (χ1n) is 8.17. The van der Waals surface area contributed by atoms with Gasteiger partial charge in [-0.3, -0.25) is 9.78 Å². The number of hydrogen-bond donors (Lipinski definition) is 2. The van der Waals surface area contributed by atoms with Crippen LogP contribution in [0.15, 0.2) is 24.7 Å². The van der Waals surface area contributed by atoms with Gasteiger partial charge in [0.05, 0.1) is 6.54 Å². The van der Waals surface area contributed by atoms with Crippen LogP contribution in [-0.2, 0) is 11.2 Å². The van der Waals surface area contributed by atoms with E-state index < -0.39 is 0 Å². The Morgan fingerprint density at radius 2 is 2.13 bits per heavy atom. The van der Waals surface area contributed by atoms with Crippen LogP contribution in [-0.4, -0.2) is 51.9 Å². The fourth-order valence-corrected chi connectivity index (χ4v) is 2.81. The Balaban J connectivity index is 1.45. The van der Waals surface area contributed by atoms with E-state index in [1.165, 1.54) is 0 Å². The maximum absolute atomic E-state index is 11.9. The summed E-state index contributed by atoms with van der Waals surface area (Å²) < 4.78 is 0. The van der Waals surface area contributed by atoms with Gasteiger partial charge >= 0.3 is 0 Å². The Labute approximate surface area is 136 Å². The second-order valence-corrected chi connectivity index (χ2v) is 6.02. The van der Waals surface area contributed by atoms with Gasteiger partial charge < -0.3 is 15.2 Å². The minimum absolute atomic E-state index is 0.207. The summed E-state index contributed by atoms with van der Waals surface area (Å²) in [6.07, 6.45) is 8.57. The minimum Gasteiger partial charge on any atom is -0.342 e. The van der Waals surface area contributed by atoms with Gasteiger partial charge in [0.2, 0.25) is 5.91 Å². The smallest absolute Gasteiger partial charge is 0.236 e. The van der Waals surface area contributed by atoms with Crippen molar-refractivity contribution < 1.29 is 4.79 Å². The Kier molecular flexibility index (Phi) is 5.02. The molecule has 0 atom stereocenters. The molecule has 3 heterocycles. The molecule has 2 aromatic rings. The monoisotopic (exact) mass is 313 g/mol. The molecule has 1 saturated heterocycles. The average molecular weight is 313 g/mol. The SMILES string of the molecule is Cc1cncc(-c2ncc(CCNCC(=O)N3CCCC3)[nH]2)c1. The van der Waals surface area contributed by atoms with Gasteiger partial charge in [-0.2, -0.15) is 0 Å². The predicted molar refractivity (Wildman–Crippen MR) is 88.9 cm³/mol. The number of carbonyl (C=O) groups excluding carboxylic acids is 1. The van der Waals surface area contributed by atoms with Crippen LogP contribution in [0.4, 0.5) is 0 Å². The second kappa shape index (κ2) is 7.37. The summed E-state index contributed by atoms with van der Waals surface area (Å²) in [5.74, 6) is 1.04. The number of nitrogens with zero attached hydrogens (tertiary/aromatic N) is 3. The average Bonchev–Trinajstić information content (AvgIpc) is 3.23. The van der Waals surface area contributed by atoms with Crippen LogP contribution in [0.25, 0.3) is 11.4 Å². The summed E-state index contributed by atoms with van der Waals surface area (Å²) in [6.45, 7) is 5.02. The van der Waals surface area contributed by atoms with Gasteiger partial charge in [-0.1, -0.05) is 0 Å². The number of carbonyl (C=O) groups is 1. The summed E-state index contributed by atoms with van der Waals surface area (Å²) in [6, 6.07) is 2.06. The largest absolute Gasteiger partial charge is 0.342 e. The summed E-state index contributed by atoms with van der Waals surface area (Å²) in [5, 5.41) is 3.22. The van der Waals surface area contributed by atoms with Crippen LogP contribution in [0.1, 0.15) is 24.1 Å². The molecule has 1 aliphatic heterocycles. The number of pyridine rings is 1. The molecule has 1 aliphatic rings. The highest BCUT2D eigenvalue weighted by atomic mass is 16.2. The molecule has 1 amide bonds. The first kappa shape index (κ1) is 15.7. The Hall–Kier alpha value is -2.21. The predicted octanol–water partition coefficient (Wildman–Crippen LogP) is 1.53. The van der Waals surface area contributed by atoms with Crippen LogP contribution < -0.4 is 5.32 Å². The third-order valence-corrected chi connectivity index (χ3v) is 4.08. The topological polar surface area (TPSA) is 73.9 Å². The molecule has 0 spiro atoms. The number of rotatable bonds is 6. The zero-order chi connectivity index (χ0) is 16.1. The number of hydrogen-bond acceptors (Lipinski definition) is 4. The van der Waals surface area contributed by atoms with Crippen molar-refractivity contribution >= 4 is 5.91 Å². The lowest BCUT2D eigenvalue weighted by molar-refractivity contribution is -0.129. The van der Waals surface area contributed by atoms with Crippen LogP contribution >= 0.6 is 0 Å². The van der Waals surface area contributed by atoms with E-state index >= 15 is 0 Å². The van der Waals surface area contributed by atoms with Crippen molar-refractivity contribution in [1.29, 1.82) is 0 Å². The molecule has 23 heavy (non-hydrogen) atoms. The second-order valence-electron chi connectivity index (χ2n) is 6.02.